The monoisotopic (exact) mass is 554 g/mol. The van der Waals surface area contributed by atoms with E-state index in [9.17, 15) is 14.4 Å². The van der Waals surface area contributed by atoms with Gasteiger partial charge in [-0.05, 0) is 60.5 Å². The number of imide groups is 1. The second-order valence-electron chi connectivity index (χ2n) is 8.38. The number of nitrogens with zero attached hydrogens (tertiary/aromatic N) is 1. The number of carbonyl (C=O) groups excluding carboxylic acids is 3. The van der Waals surface area contributed by atoms with Crippen LogP contribution in [0.25, 0.3) is 6.08 Å². The standard InChI is InChI=1S/C27H23ClN2O9/c1-3-35-23-11-16(8-18(28)24(23)36-13-15-4-6-20-22(10-15)38-14-37-20)9-19-25(31)30(27(33)29-19)12-17-5-7-21(39-17)26(32)34-2/h4-11H,3,12-14H2,1-2H3,(H,29,33)/b19-9-. The van der Waals surface area contributed by atoms with E-state index in [0.29, 0.717) is 35.2 Å². The van der Waals surface area contributed by atoms with Crippen LogP contribution in [0, 0.1) is 0 Å². The SMILES string of the molecule is CCOc1cc(/C=C2\NC(=O)N(Cc3ccc(C(=O)OC)o3)C2=O)cc(Cl)c1OCc1ccc2c(c1)OCO2. The fourth-order valence-corrected chi connectivity index (χ4v) is 4.25. The van der Waals surface area contributed by atoms with Crippen LogP contribution in [-0.2, 0) is 22.7 Å². The third-order valence-corrected chi connectivity index (χ3v) is 6.07. The summed E-state index contributed by atoms with van der Waals surface area (Å²) in [4.78, 5) is 38.0. The van der Waals surface area contributed by atoms with Crippen molar-refractivity contribution >= 4 is 35.6 Å². The molecule has 202 valence electrons. The maximum absolute atomic E-state index is 13.0. The molecule has 1 saturated heterocycles. The number of ether oxygens (including phenoxy) is 5. The molecule has 3 heterocycles. The fraction of sp³-hybridized carbons (Fsp3) is 0.222. The number of hydrogen-bond acceptors (Lipinski definition) is 9. The zero-order valence-electron chi connectivity index (χ0n) is 20.9. The molecular formula is C27H23ClN2O9. The molecular weight excluding hydrogens is 532 g/mol. The Labute approximate surface area is 227 Å². The summed E-state index contributed by atoms with van der Waals surface area (Å²) < 4.78 is 32.4. The largest absolute Gasteiger partial charge is 0.490 e. The maximum atomic E-state index is 13.0. The first-order chi connectivity index (χ1) is 18.9. The lowest BCUT2D eigenvalue weighted by Gasteiger charge is -2.15. The van der Waals surface area contributed by atoms with Crippen molar-refractivity contribution in [3.8, 4) is 23.0 Å². The Bertz CT molecular complexity index is 1480. The molecule has 0 atom stereocenters. The summed E-state index contributed by atoms with van der Waals surface area (Å²) in [5.41, 5.74) is 1.39. The Balaban J connectivity index is 1.32. The van der Waals surface area contributed by atoms with Crippen LogP contribution in [0.5, 0.6) is 23.0 Å². The van der Waals surface area contributed by atoms with Gasteiger partial charge in [-0.1, -0.05) is 17.7 Å². The smallest absolute Gasteiger partial charge is 0.373 e. The number of halogens is 1. The number of carbonyl (C=O) groups is 3. The molecule has 5 rings (SSSR count). The van der Waals surface area contributed by atoms with E-state index in [-0.39, 0.29) is 42.2 Å². The molecule has 0 aliphatic carbocycles. The molecule has 0 radical (unpaired) electrons. The first-order valence-electron chi connectivity index (χ1n) is 11.9. The average Bonchev–Trinajstić information content (AvgIpc) is 3.64. The molecule has 1 N–H and O–H groups in total. The highest BCUT2D eigenvalue weighted by atomic mass is 35.5. The number of methoxy groups -OCH3 is 1. The molecule has 3 aromatic rings. The Hall–Kier alpha value is -4.64. The molecule has 2 aliphatic heterocycles. The second kappa shape index (κ2) is 11.0. The van der Waals surface area contributed by atoms with Crippen LogP contribution >= 0.6 is 11.6 Å². The van der Waals surface area contributed by atoms with Gasteiger partial charge in [-0.25, -0.2) is 9.59 Å². The van der Waals surface area contributed by atoms with Gasteiger partial charge in [0.25, 0.3) is 5.91 Å². The number of furan rings is 1. The zero-order valence-corrected chi connectivity index (χ0v) is 21.7. The van der Waals surface area contributed by atoms with Gasteiger partial charge in [-0.2, -0.15) is 0 Å². The van der Waals surface area contributed by atoms with E-state index in [0.717, 1.165) is 10.5 Å². The van der Waals surface area contributed by atoms with Crippen molar-refractivity contribution in [2.45, 2.75) is 20.1 Å². The van der Waals surface area contributed by atoms with Crippen LogP contribution in [-0.4, -0.2) is 43.3 Å². The summed E-state index contributed by atoms with van der Waals surface area (Å²) >= 11 is 6.54. The first kappa shape index (κ1) is 26.0. The van der Waals surface area contributed by atoms with Gasteiger partial charge in [-0.3, -0.25) is 9.69 Å². The van der Waals surface area contributed by atoms with E-state index in [1.165, 1.54) is 25.3 Å². The number of hydrogen-bond donors (Lipinski definition) is 1. The average molecular weight is 555 g/mol. The van der Waals surface area contributed by atoms with Gasteiger partial charge in [0.15, 0.2) is 23.0 Å². The number of benzene rings is 2. The summed E-state index contributed by atoms with van der Waals surface area (Å²) in [7, 11) is 1.22. The van der Waals surface area contributed by atoms with E-state index in [1.807, 2.05) is 25.1 Å². The molecule has 11 nitrogen and oxygen atoms in total. The van der Waals surface area contributed by atoms with Crippen molar-refractivity contribution in [3.63, 3.8) is 0 Å². The normalized spacial score (nSPS) is 15.1. The number of rotatable bonds is 9. The van der Waals surface area contributed by atoms with Crippen LogP contribution in [0.1, 0.15) is 34.4 Å². The van der Waals surface area contributed by atoms with Crippen LogP contribution < -0.4 is 24.3 Å². The Morgan fingerprint density at radius 2 is 1.92 bits per heavy atom. The van der Waals surface area contributed by atoms with Crippen molar-refractivity contribution in [2.75, 3.05) is 20.5 Å². The predicted octanol–water partition coefficient (Wildman–Crippen LogP) is 4.52. The van der Waals surface area contributed by atoms with Crippen molar-refractivity contribution in [1.29, 1.82) is 0 Å². The Kier molecular flexibility index (Phi) is 7.33. The van der Waals surface area contributed by atoms with Crippen molar-refractivity contribution < 1.29 is 42.5 Å². The third-order valence-electron chi connectivity index (χ3n) is 5.79. The third kappa shape index (κ3) is 5.48. The summed E-state index contributed by atoms with van der Waals surface area (Å²) in [6, 6.07) is 11.0. The lowest BCUT2D eigenvalue weighted by atomic mass is 10.1. The molecule has 39 heavy (non-hydrogen) atoms. The summed E-state index contributed by atoms with van der Waals surface area (Å²) in [5, 5.41) is 2.80. The van der Waals surface area contributed by atoms with Crippen molar-refractivity contribution in [1.82, 2.24) is 10.2 Å². The molecule has 3 amide bonds. The van der Waals surface area contributed by atoms with Crippen molar-refractivity contribution in [3.05, 3.63) is 75.8 Å². The van der Waals surface area contributed by atoms with Crippen LogP contribution in [0.3, 0.4) is 0 Å². The number of amides is 3. The summed E-state index contributed by atoms with van der Waals surface area (Å²) in [6.07, 6.45) is 1.48. The molecule has 0 spiro atoms. The van der Waals surface area contributed by atoms with E-state index < -0.39 is 17.9 Å². The van der Waals surface area contributed by atoms with Crippen LogP contribution in [0.15, 0.2) is 52.6 Å². The van der Waals surface area contributed by atoms with Crippen LogP contribution in [0.2, 0.25) is 5.02 Å². The van der Waals surface area contributed by atoms with Gasteiger partial charge in [0.05, 0.1) is 25.3 Å². The molecule has 2 aliphatic rings. The molecule has 0 bridgehead atoms. The molecule has 2 aromatic carbocycles. The fourth-order valence-electron chi connectivity index (χ4n) is 3.97. The van der Waals surface area contributed by atoms with Gasteiger partial charge in [0.1, 0.15) is 18.1 Å². The van der Waals surface area contributed by atoms with Gasteiger partial charge in [0.2, 0.25) is 12.6 Å². The van der Waals surface area contributed by atoms with Gasteiger partial charge < -0.3 is 33.4 Å². The number of fused-ring (bicyclic) bond motifs is 1. The second-order valence-corrected chi connectivity index (χ2v) is 8.78. The first-order valence-corrected chi connectivity index (χ1v) is 12.2. The van der Waals surface area contributed by atoms with Gasteiger partial charge in [0, 0.05) is 0 Å². The minimum Gasteiger partial charge on any atom is -0.490 e. The lowest BCUT2D eigenvalue weighted by molar-refractivity contribution is -0.123. The van der Waals surface area contributed by atoms with E-state index in [2.05, 4.69) is 10.1 Å². The highest BCUT2D eigenvalue weighted by molar-refractivity contribution is 6.32. The molecule has 12 heteroatoms. The quantitative estimate of drug-likeness (QED) is 0.231. The number of urea groups is 1. The lowest BCUT2D eigenvalue weighted by Crippen LogP contribution is -2.30. The van der Waals surface area contributed by atoms with Crippen LogP contribution in [0.4, 0.5) is 4.79 Å². The van der Waals surface area contributed by atoms with Crippen molar-refractivity contribution in [2.24, 2.45) is 0 Å². The number of nitrogens with one attached hydrogen (secondary N) is 1. The number of esters is 1. The Morgan fingerprint density at radius 1 is 1.10 bits per heavy atom. The van der Waals surface area contributed by atoms with Gasteiger partial charge >= 0.3 is 12.0 Å². The molecule has 1 aromatic heterocycles. The highest BCUT2D eigenvalue weighted by Gasteiger charge is 2.34. The predicted molar refractivity (Wildman–Crippen MR) is 137 cm³/mol. The zero-order chi connectivity index (χ0) is 27.5. The molecule has 0 saturated carbocycles. The summed E-state index contributed by atoms with van der Waals surface area (Å²) in [5.74, 6) is 0.990. The Morgan fingerprint density at radius 3 is 2.72 bits per heavy atom. The van der Waals surface area contributed by atoms with Gasteiger partial charge in [-0.15, -0.1) is 0 Å². The van der Waals surface area contributed by atoms with E-state index >= 15 is 0 Å². The van der Waals surface area contributed by atoms with E-state index in [1.54, 1.807) is 12.1 Å². The summed E-state index contributed by atoms with van der Waals surface area (Å²) in [6.45, 7) is 2.37. The minimum absolute atomic E-state index is 0.0331. The van der Waals surface area contributed by atoms with E-state index in [4.69, 9.17) is 35.0 Å². The minimum atomic E-state index is -0.663. The highest BCUT2D eigenvalue weighted by Crippen LogP contribution is 2.39. The molecule has 1 fully saturated rings. The maximum Gasteiger partial charge on any atom is 0.373 e. The topological polar surface area (TPSA) is 126 Å². The molecule has 0 unspecified atom stereocenters.